The third-order valence-electron chi connectivity index (χ3n) is 2.98. The molecule has 0 aromatic carbocycles. The summed E-state index contributed by atoms with van der Waals surface area (Å²) in [5.74, 6) is 0. The number of aryl methyl sites for hydroxylation is 1. The van der Waals surface area contributed by atoms with Gasteiger partial charge in [0.1, 0.15) is 12.3 Å². The van der Waals surface area contributed by atoms with Gasteiger partial charge in [0.15, 0.2) is 0 Å². The van der Waals surface area contributed by atoms with Gasteiger partial charge in [0.25, 0.3) is 0 Å². The molecule has 1 aromatic heterocycles. The maximum absolute atomic E-state index is 9.60. The minimum atomic E-state index is -0.595. The van der Waals surface area contributed by atoms with Gasteiger partial charge < -0.3 is 19.5 Å². The van der Waals surface area contributed by atoms with Crippen LogP contribution in [0.2, 0.25) is 0 Å². The van der Waals surface area contributed by atoms with Crippen LogP contribution in [0.25, 0.3) is 0 Å². The van der Waals surface area contributed by atoms with Gasteiger partial charge >= 0.3 is 0 Å². The molecule has 0 radical (unpaired) electrons. The van der Waals surface area contributed by atoms with Crippen LogP contribution in [0.1, 0.15) is 24.0 Å². The molecule has 1 aliphatic heterocycles. The first-order chi connectivity index (χ1) is 7.13. The summed E-state index contributed by atoms with van der Waals surface area (Å²) in [5.41, 5.74) is 1.99. The molecule has 0 spiro atoms. The summed E-state index contributed by atoms with van der Waals surface area (Å²) >= 11 is 0. The number of hydrogen-bond donors (Lipinski definition) is 2. The van der Waals surface area contributed by atoms with Crippen LogP contribution in [-0.4, -0.2) is 38.6 Å². The molecule has 3 unspecified atom stereocenters. The van der Waals surface area contributed by atoms with E-state index in [4.69, 9.17) is 9.84 Å². The van der Waals surface area contributed by atoms with E-state index in [0.717, 1.165) is 11.4 Å². The second kappa shape index (κ2) is 3.92. The molecule has 15 heavy (non-hydrogen) atoms. The zero-order valence-corrected chi connectivity index (χ0v) is 8.92. The Morgan fingerprint density at radius 3 is 2.80 bits per heavy atom. The summed E-state index contributed by atoms with van der Waals surface area (Å²) < 4.78 is 7.42. The van der Waals surface area contributed by atoms with Crippen LogP contribution in [0.15, 0.2) is 6.33 Å². The fourth-order valence-electron chi connectivity index (χ4n) is 1.86. The van der Waals surface area contributed by atoms with Crippen LogP contribution in [0, 0.1) is 13.8 Å². The van der Waals surface area contributed by atoms with Crippen molar-refractivity contribution in [3.8, 4) is 0 Å². The molecule has 2 rings (SSSR count). The number of rotatable bonds is 2. The molecule has 0 bridgehead atoms. The molecule has 3 atom stereocenters. The lowest BCUT2D eigenvalue weighted by Crippen LogP contribution is -2.24. The number of imidazole rings is 1. The van der Waals surface area contributed by atoms with E-state index in [1.807, 2.05) is 18.4 Å². The molecule has 84 valence electrons. The molecule has 0 saturated carbocycles. The SMILES string of the molecule is Cc1ncn(C2CC(O)C(CO)O2)c1C. The van der Waals surface area contributed by atoms with Crippen LogP contribution in [0.4, 0.5) is 0 Å². The number of hydrogen-bond acceptors (Lipinski definition) is 4. The highest BCUT2D eigenvalue weighted by atomic mass is 16.5. The topological polar surface area (TPSA) is 67.5 Å². The fourth-order valence-corrected chi connectivity index (χ4v) is 1.86. The molecule has 0 aliphatic carbocycles. The molecule has 0 amide bonds. The smallest absolute Gasteiger partial charge is 0.138 e. The van der Waals surface area contributed by atoms with Crippen molar-refractivity contribution in [3.63, 3.8) is 0 Å². The average Bonchev–Trinajstić information content (AvgIpc) is 2.72. The van der Waals surface area contributed by atoms with Crippen LogP contribution >= 0.6 is 0 Å². The van der Waals surface area contributed by atoms with Gasteiger partial charge in [-0.1, -0.05) is 0 Å². The van der Waals surface area contributed by atoms with Crippen molar-refractivity contribution >= 4 is 0 Å². The Morgan fingerprint density at radius 1 is 1.60 bits per heavy atom. The van der Waals surface area contributed by atoms with Crippen molar-refractivity contribution in [1.29, 1.82) is 0 Å². The molecule has 5 heteroatoms. The van der Waals surface area contributed by atoms with Gasteiger partial charge in [-0.3, -0.25) is 0 Å². The first-order valence-corrected chi connectivity index (χ1v) is 5.08. The van der Waals surface area contributed by atoms with E-state index < -0.39 is 12.2 Å². The van der Waals surface area contributed by atoms with E-state index in [-0.39, 0.29) is 12.8 Å². The first kappa shape index (κ1) is 10.6. The molecule has 1 fully saturated rings. The third-order valence-corrected chi connectivity index (χ3v) is 2.98. The van der Waals surface area contributed by atoms with E-state index in [1.54, 1.807) is 6.33 Å². The minimum Gasteiger partial charge on any atom is -0.394 e. The number of nitrogens with zero attached hydrogens (tertiary/aromatic N) is 2. The maximum atomic E-state index is 9.60. The summed E-state index contributed by atoms with van der Waals surface area (Å²) in [6.45, 7) is 3.75. The number of aliphatic hydroxyl groups is 2. The van der Waals surface area contributed by atoms with Crippen LogP contribution < -0.4 is 0 Å². The van der Waals surface area contributed by atoms with Gasteiger partial charge in [-0.2, -0.15) is 0 Å². The second-order valence-electron chi connectivity index (χ2n) is 3.94. The van der Waals surface area contributed by atoms with Crippen molar-refractivity contribution in [1.82, 2.24) is 9.55 Å². The Kier molecular flexibility index (Phi) is 2.77. The standard InChI is InChI=1S/C10H16N2O3/c1-6-7(2)12(5-11-6)10-3-8(14)9(4-13)15-10/h5,8-10,13-14H,3-4H2,1-2H3. The minimum absolute atomic E-state index is 0.148. The summed E-state index contributed by atoms with van der Waals surface area (Å²) in [6, 6.07) is 0. The normalized spacial score (nSPS) is 31.1. The maximum Gasteiger partial charge on any atom is 0.138 e. The highest BCUT2D eigenvalue weighted by Gasteiger charge is 2.34. The molecule has 5 nitrogen and oxygen atoms in total. The van der Waals surface area contributed by atoms with E-state index >= 15 is 0 Å². The third kappa shape index (κ3) is 1.78. The molecule has 1 aliphatic rings. The Morgan fingerprint density at radius 2 is 2.33 bits per heavy atom. The Hall–Kier alpha value is -0.910. The van der Waals surface area contributed by atoms with Crippen molar-refractivity contribution in [2.75, 3.05) is 6.61 Å². The molecule has 2 heterocycles. The summed E-state index contributed by atoms with van der Waals surface area (Å²) in [7, 11) is 0. The van der Waals surface area contributed by atoms with Crippen molar-refractivity contribution < 1.29 is 14.9 Å². The summed E-state index contributed by atoms with van der Waals surface area (Å²) in [6.07, 6.45) is 0.932. The number of ether oxygens (including phenoxy) is 1. The zero-order chi connectivity index (χ0) is 11.0. The van der Waals surface area contributed by atoms with Crippen molar-refractivity contribution in [2.24, 2.45) is 0 Å². The number of aromatic nitrogens is 2. The van der Waals surface area contributed by atoms with E-state index in [0.29, 0.717) is 6.42 Å². The quantitative estimate of drug-likeness (QED) is 0.731. The van der Waals surface area contributed by atoms with Gasteiger partial charge in [0, 0.05) is 12.1 Å². The molecule has 2 N–H and O–H groups in total. The van der Waals surface area contributed by atoms with Crippen LogP contribution in [0.5, 0.6) is 0 Å². The highest BCUT2D eigenvalue weighted by molar-refractivity contribution is 5.09. The zero-order valence-electron chi connectivity index (χ0n) is 8.92. The predicted octanol–water partition coefficient (Wildman–Crippen LogP) is 0.141. The van der Waals surface area contributed by atoms with E-state index in [1.165, 1.54) is 0 Å². The van der Waals surface area contributed by atoms with Crippen molar-refractivity contribution in [2.45, 2.75) is 38.7 Å². The number of aliphatic hydroxyl groups excluding tert-OH is 2. The average molecular weight is 212 g/mol. The summed E-state index contributed by atoms with van der Waals surface area (Å²) in [5, 5.41) is 18.6. The molecule has 1 saturated heterocycles. The lowest BCUT2D eigenvalue weighted by molar-refractivity contribution is -0.0449. The Bertz CT molecular complexity index is 350. The highest BCUT2D eigenvalue weighted by Crippen LogP contribution is 2.29. The van der Waals surface area contributed by atoms with Crippen LogP contribution in [-0.2, 0) is 4.74 Å². The van der Waals surface area contributed by atoms with Crippen molar-refractivity contribution in [3.05, 3.63) is 17.7 Å². The van der Waals surface area contributed by atoms with Gasteiger partial charge in [0.2, 0.25) is 0 Å². The predicted molar refractivity (Wildman–Crippen MR) is 53.3 cm³/mol. The second-order valence-corrected chi connectivity index (χ2v) is 3.94. The Labute approximate surface area is 88.3 Å². The van der Waals surface area contributed by atoms with Gasteiger partial charge in [-0.05, 0) is 13.8 Å². The molecule has 1 aromatic rings. The lowest BCUT2D eigenvalue weighted by atomic mass is 10.2. The molecular weight excluding hydrogens is 196 g/mol. The van der Waals surface area contributed by atoms with Crippen LogP contribution in [0.3, 0.4) is 0 Å². The van der Waals surface area contributed by atoms with Gasteiger partial charge in [0.05, 0.1) is 24.7 Å². The first-order valence-electron chi connectivity index (χ1n) is 5.08. The van der Waals surface area contributed by atoms with Gasteiger partial charge in [-0.25, -0.2) is 4.98 Å². The van der Waals surface area contributed by atoms with Gasteiger partial charge in [-0.15, -0.1) is 0 Å². The summed E-state index contributed by atoms with van der Waals surface area (Å²) in [4.78, 5) is 4.18. The molecular formula is C10H16N2O3. The lowest BCUT2D eigenvalue weighted by Gasteiger charge is -2.14. The monoisotopic (exact) mass is 212 g/mol. The Balaban J connectivity index is 2.17. The van der Waals surface area contributed by atoms with E-state index in [2.05, 4.69) is 4.98 Å². The van der Waals surface area contributed by atoms with E-state index in [9.17, 15) is 5.11 Å². The largest absolute Gasteiger partial charge is 0.394 e. The fraction of sp³-hybridized carbons (Fsp3) is 0.700.